The fourth-order valence-electron chi connectivity index (χ4n) is 2.67. The standard InChI is InChI=1S/C22H26N4O3/c1-17(2)29-20-9-7-18(8-10-20)16-23-22(27)25-19-5-3-6-21(15-19)28-14-13-26-12-4-11-24-26/h3-12,15,17H,13-14,16H2,1-2H3,(H2,23,25,27). The van der Waals surface area contributed by atoms with Gasteiger partial charge in [0.15, 0.2) is 0 Å². The van der Waals surface area contributed by atoms with Gasteiger partial charge in [0.1, 0.15) is 18.1 Å². The van der Waals surface area contributed by atoms with E-state index < -0.39 is 0 Å². The Morgan fingerprint density at radius 2 is 1.93 bits per heavy atom. The molecule has 0 aliphatic heterocycles. The minimum atomic E-state index is -0.277. The van der Waals surface area contributed by atoms with Gasteiger partial charge in [-0.15, -0.1) is 0 Å². The average Bonchev–Trinajstić information content (AvgIpc) is 3.21. The van der Waals surface area contributed by atoms with Crippen LogP contribution < -0.4 is 20.1 Å². The van der Waals surface area contributed by atoms with Crippen LogP contribution in [0.3, 0.4) is 0 Å². The lowest BCUT2D eigenvalue weighted by Crippen LogP contribution is -2.28. The van der Waals surface area contributed by atoms with Crippen LogP contribution in [0, 0.1) is 0 Å². The first-order chi connectivity index (χ1) is 14.1. The first-order valence-corrected chi connectivity index (χ1v) is 9.59. The number of anilines is 1. The normalized spacial score (nSPS) is 10.6. The third-order valence-corrected chi connectivity index (χ3v) is 3.99. The molecule has 3 rings (SSSR count). The van der Waals surface area contributed by atoms with Crippen molar-refractivity contribution >= 4 is 11.7 Å². The smallest absolute Gasteiger partial charge is 0.319 e. The van der Waals surface area contributed by atoms with E-state index in [0.29, 0.717) is 31.1 Å². The van der Waals surface area contributed by atoms with E-state index in [2.05, 4.69) is 15.7 Å². The number of ether oxygens (including phenoxy) is 2. The number of amides is 2. The van der Waals surface area contributed by atoms with E-state index in [1.54, 1.807) is 16.9 Å². The average molecular weight is 394 g/mol. The van der Waals surface area contributed by atoms with Crippen LogP contribution in [0.4, 0.5) is 10.5 Å². The molecule has 7 nitrogen and oxygen atoms in total. The van der Waals surface area contributed by atoms with Gasteiger partial charge in [0.05, 0.1) is 12.6 Å². The van der Waals surface area contributed by atoms with Gasteiger partial charge in [-0.05, 0) is 49.7 Å². The van der Waals surface area contributed by atoms with Gasteiger partial charge in [-0.25, -0.2) is 4.79 Å². The number of urea groups is 1. The lowest BCUT2D eigenvalue weighted by Gasteiger charge is -2.11. The Balaban J connectivity index is 1.44. The topological polar surface area (TPSA) is 77.4 Å². The number of rotatable bonds is 9. The highest BCUT2D eigenvalue weighted by Gasteiger charge is 2.04. The number of nitrogens with zero attached hydrogens (tertiary/aromatic N) is 2. The maximum absolute atomic E-state index is 12.2. The Hall–Kier alpha value is -3.48. The van der Waals surface area contributed by atoms with Crippen LogP contribution in [0.25, 0.3) is 0 Å². The molecule has 2 amide bonds. The van der Waals surface area contributed by atoms with Crippen LogP contribution in [-0.2, 0) is 13.1 Å². The van der Waals surface area contributed by atoms with Crippen molar-refractivity contribution in [1.29, 1.82) is 0 Å². The molecule has 0 bridgehead atoms. The Morgan fingerprint density at radius 1 is 1.10 bits per heavy atom. The van der Waals surface area contributed by atoms with Crippen molar-refractivity contribution in [2.75, 3.05) is 11.9 Å². The fourth-order valence-corrected chi connectivity index (χ4v) is 2.67. The van der Waals surface area contributed by atoms with Crippen molar-refractivity contribution in [3.05, 3.63) is 72.6 Å². The molecule has 0 aliphatic rings. The van der Waals surface area contributed by atoms with Crippen LogP contribution in [0.5, 0.6) is 11.5 Å². The zero-order chi connectivity index (χ0) is 20.5. The molecule has 2 N–H and O–H groups in total. The summed E-state index contributed by atoms with van der Waals surface area (Å²) in [6, 6.07) is 16.6. The summed E-state index contributed by atoms with van der Waals surface area (Å²) in [5.74, 6) is 1.51. The highest BCUT2D eigenvalue weighted by atomic mass is 16.5. The Morgan fingerprint density at radius 3 is 2.66 bits per heavy atom. The van der Waals surface area contributed by atoms with Crippen molar-refractivity contribution in [3.8, 4) is 11.5 Å². The molecule has 0 saturated heterocycles. The second-order valence-corrected chi connectivity index (χ2v) is 6.76. The summed E-state index contributed by atoms with van der Waals surface area (Å²) < 4.78 is 13.1. The molecule has 1 aromatic heterocycles. The SMILES string of the molecule is CC(C)Oc1ccc(CNC(=O)Nc2cccc(OCCn3cccn3)c2)cc1. The molecule has 29 heavy (non-hydrogen) atoms. The molecule has 0 atom stereocenters. The molecular weight excluding hydrogens is 368 g/mol. The van der Waals surface area contributed by atoms with Crippen LogP contribution in [-0.4, -0.2) is 28.5 Å². The van der Waals surface area contributed by atoms with E-state index in [4.69, 9.17) is 9.47 Å². The molecule has 0 unspecified atom stereocenters. The van der Waals surface area contributed by atoms with Crippen LogP contribution in [0.15, 0.2) is 67.0 Å². The maximum Gasteiger partial charge on any atom is 0.319 e. The van der Waals surface area contributed by atoms with Gasteiger partial charge in [-0.3, -0.25) is 4.68 Å². The van der Waals surface area contributed by atoms with Gasteiger partial charge in [0, 0.05) is 30.7 Å². The molecule has 0 aliphatic carbocycles. The van der Waals surface area contributed by atoms with Crippen molar-refractivity contribution in [2.45, 2.75) is 33.0 Å². The van der Waals surface area contributed by atoms with E-state index in [9.17, 15) is 4.79 Å². The van der Waals surface area contributed by atoms with Gasteiger partial charge >= 0.3 is 6.03 Å². The van der Waals surface area contributed by atoms with Gasteiger partial charge in [0.2, 0.25) is 0 Å². The van der Waals surface area contributed by atoms with Crippen molar-refractivity contribution in [3.63, 3.8) is 0 Å². The van der Waals surface area contributed by atoms with Crippen molar-refractivity contribution in [1.82, 2.24) is 15.1 Å². The molecule has 0 radical (unpaired) electrons. The zero-order valence-electron chi connectivity index (χ0n) is 16.7. The Labute approximate surface area is 170 Å². The third kappa shape index (κ3) is 6.88. The largest absolute Gasteiger partial charge is 0.492 e. The predicted molar refractivity (Wildman–Crippen MR) is 112 cm³/mol. The quantitative estimate of drug-likeness (QED) is 0.573. The predicted octanol–water partition coefficient (Wildman–Crippen LogP) is 4.07. The number of benzene rings is 2. The number of nitrogens with one attached hydrogen (secondary N) is 2. The monoisotopic (exact) mass is 394 g/mol. The number of hydrogen-bond donors (Lipinski definition) is 2. The van der Waals surface area contributed by atoms with E-state index in [1.807, 2.05) is 68.6 Å². The van der Waals surface area contributed by atoms with Crippen molar-refractivity contribution < 1.29 is 14.3 Å². The fraction of sp³-hybridized carbons (Fsp3) is 0.273. The van der Waals surface area contributed by atoms with Gasteiger partial charge < -0.3 is 20.1 Å². The van der Waals surface area contributed by atoms with E-state index >= 15 is 0 Å². The number of carbonyl (C=O) groups is 1. The molecule has 2 aromatic carbocycles. The maximum atomic E-state index is 12.2. The molecule has 1 heterocycles. The third-order valence-electron chi connectivity index (χ3n) is 3.99. The second kappa shape index (κ2) is 10.2. The van der Waals surface area contributed by atoms with Crippen LogP contribution in [0.2, 0.25) is 0 Å². The Bertz CT molecular complexity index is 893. The lowest BCUT2D eigenvalue weighted by atomic mass is 10.2. The summed E-state index contributed by atoms with van der Waals surface area (Å²) in [6.07, 6.45) is 3.75. The summed E-state index contributed by atoms with van der Waals surface area (Å²) in [4.78, 5) is 12.2. The summed E-state index contributed by atoms with van der Waals surface area (Å²) in [5.41, 5.74) is 1.66. The second-order valence-electron chi connectivity index (χ2n) is 6.76. The molecule has 152 valence electrons. The number of aromatic nitrogens is 2. The molecule has 0 saturated carbocycles. The van der Waals surface area contributed by atoms with Gasteiger partial charge in [-0.2, -0.15) is 5.10 Å². The zero-order valence-corrected chi connectivity index (χ0v) is 16.7. The van der Waals surface area contributed by atoms with Crippen molar-refractivity contribution in [2.24, 2.45) is 0 Å². The summed E-state index contributed by atoms with van der Waals surface area (Å²) >= 11 is 0. The van der Waals surface area contributed by atoms with E-state index in [-0.39, 0.29) is 12.1 Å². The number of hydrogen-bond acceptors (Lipinski definition) is 4. The minimum absolute atomic E-state index is 0.134. The Kier molecular flexibility index (Phi) is 7.10. The van der Waals surface area contributed by atoms with E-state index in [1.165, 1.54) is 0 Å². The lowest BCUT2D eigenvalue weighted by molar-refractivity contribution is 0.242. The summed E-state index contributed by atoms with van der Waals surface area (Å²) in [5, 5.41) is 9.80. The van der Waals surface area contributed by atoms with Gasteiger partial charge in [0.25, 0.3) is 0 Å². The minimum Gasteiger partial charge on any atom is -0.492 e. The molecule has 3 aromatic rings. The van der Waals surface area contributed by atoms with Gasteiger partial charge in [-0.1, -0.05) is 18.2 Å². The van der Waals surface area contributed by atoms with Crippen LogP contribution in [0.1, 0.15) is 19.4 Å². The molecule has 0 fully saturated rings. The summed E-state index contributed by atoms with van der Waals surface area (Å²) in [6.45, 7) is 5.55. The van der Waals surface area contributed by atoms with E-state index in [0.717, 1.165) is 11.3 Å². The molecular formula is C22H26N4O3. The molecule has 7 heteroatoms. The highest BCUT2D eigenvalue weighted by molar-refractivity contribution is 5.89. The molecule has 0 spiro atoms. The number of carbonyl (C=O) groups excluding carboxylic acids is 1. The highest BCUT2D eigenvalue weighted by Crippen LogP contribution is 2.17. The summed E-state index contributed by atoms with van der Waals surface area (Å²) in [7, 11) is 0. The first-order valence-electron chi connectivity index (χ1n) is 9.59. The first kappa shape index (κ1) is 20.3. The van der Waals surface area contributed by atoms with Crippen LogP contribution >= 0.6 is 0 Å².